The third-order valence-electron chi connectivity index (χ3n) is 6.03. The van der Waals surface area contributed by atoms with Gasteiger partial charge in [0, 0.05) is 23.6 Å². The lowest BCUT2D eigenvalue weighted by molar-refractivity contribution is -0.116. The molecule has 0 radical (unpaired) electrons. The zero-order valence-corrected chi connectivity index (χ0v) is 16.0. The molecule has 0 spiro atoms. The number of fused-ring (bicyclic) bond motifs is 1. The number of nitrogens with zero attached hydrogens (tertiary/aromatic N) is 1. The fourth-order valence-electron chi connectivity index (χ4n) is 4.66. The lowest BCUT2D eigenvalue weighted by Gasteiger charge is -2.35. The van der Waals surface area contributed by atoms with Crippen LogP contribution in [0.1, 0.15) is 52.6 Å². The molecule has 1 aliphatic carbocycles. The van der Waals surface area contributed by atoms with Crippen LogP contribution in [0.3, 0.4) is 0 Å². The van der Waals surface area contributed by atoms with Crippen LogP contribution in [-0.2, 0) is 4.79 Å². The Morgan fingerprint density at radius 2 is 1.75 bits per heavy atom. The second kappa shape index (κ2) is 6.48. The molecule has 5 rings (SSSR count). The number of ketones is 1. The highest BCUT2D eigenvalue weighted by molar-refractivity contribution is 6.01. The van der Waals surface area contributed by atoms with E-state index in [0.717, 1.165) is 34.5 Å². The number of anilines is 1. The number of aryl methyl sites for hydroxylation is 2. The van der Waals surface area contributed by atoms with E-state index in [-0.39, 0.29) is 17.6 Å². The van der Waals surface area contributed by atoms with E-state index in [0.29, 0.717) is 12.3 Å². The summed E-state index contributed by atoms with van der Waals surface area (Å²) in [4.78, 5) is 13.4. The Labute approximate surface area is 164 Å². The van der Waals surface area contributed by atoms with Crippen LogP contribution < -0.4 is 5.32 Å². The normalized spacial score (nSPS) is 21.1. The minimum atomic E-state index is -0.122. The molecule has 28 heavy (non-hydrogen) atoms. The molecule has 4 heteroatoms. The van der Waals surface area contributed by atoms with Gasteiger partial charge in [0.15, 0.2) is 5.78 Å². The molecule has 0 unspecified atom stereocenters. The van der Waals surface area contributed by atoms with Gasteiger partial charge in [-0.3, -0.25) is 4.79 Å². The molecule has 0 bridgehead atoms. The van der Waals surface area contributed by atoms with E-state index >= 15 is 0 Å². The molecule has 0 saturated heterocycles. The number of carbonyl (C=O) groups is 1. The Balaban J connectivity index is 1.66. The van der Waals surface area contributed by atoms with E-state index in [1.165, 1.54) is 11.1 Å². The summed E-state index contributed by atoms with van der Waals surface area (Å²) in [6.07, 6.45) is 1.33. The number of rotatable bonds is 2. The van der Waals surface area contributed by atoms with Crippen molar-refractivity contribution in [1.82, 2.24) is 5.16 Å². The standard InChI is InChI=1S/C24H22N2O2/c1-14-8-6-7-11-18(14)22-21-15(2)26-28-24(21)25-19-12-17(13-20(27)23(19)22)16-9-4-3-5-10-16/h3-11,17,22,25H,12-13H2,1-2H3/t17-,22+/m1/s1. The van der Waals surface area contributed by atoms with E-state index in [2.05, 4.69) is 41.7 Å². The number of hydrogen-bond donors (Lipinski definition) is 1. The van der Waals surface area contributed by atoms with Gasteiger partial charge in [-0.25, -0.2) is 0 Å². The van der Waals surface area contributed by atoms with E-state index in [1.54, 1.807) is 0 Å². The number of allylic oxidation sites excluding steroid dienone is 2. The summed E-state index contributed by atoms with van der Waals surface area (Å²) >= 11 is 0. The second-order valence-corrected chi connectivity index (χ2v) is 7.76. The molecule has 3 aromatic rings. The third-order valence-corrected chi connectivity index (χ3v) is 6.03. The molecular weight excluding hydrogens is 348 g/mol. The molecule has 2 atom stereocenters. The van der Waals surface area contributed by atoms with Gasteiger partial charge in [-0.2, -0.15) is 0 Å². The van der Waals surface area contributed by atoms with Gasteiger partial charge in [0.1, 0.15) is 0 Å². The lowest BCUT2D eigenvalue weighted by atomic mass is 9.72. The Bertz CT molecular complexity index is 1090. The van der Waals surface area contributed by atoms with Crippen molar-refractivity contribution in [2.75, 3.05) is 5.32 Å². The highest BCUT2D eigenvalue weighted by Crippen LogP contribution is 2.49. The summed E-state index contributed by atoms with van der Waals surface area (Å²) in [5.74, 6) is 0.944. The van der Waals surface area contributed by atoms with Crippen LogP contribution in [0, 0.1) is 13.8 Å². The van der Waals surface area contributed by atoms with Crippen molar-refractivity contribution < 1.29 is 9.32 Å². The number of Topliss-reactive ketones (excluding diaryl/α,β-unsaturated/α-hetero) is 1. The van der Waals surface area contributed by atoms with Gasteiger partial charge in [0.25, 0.3) is 0 Å². The maximum atomic E-state index is 13.4. The quantitative estimate of drug-likeness (QED) is 0.669. The van der Waals surface area contributed by atoms with Gasteiger partial charge in [0.2, 0.25) is 5.88 Å². The van der Waals surface area contributed by atoms with E-state index in [1.807, 2.05) is 37.3 Å². The zero-order valence-electron chi connectivity index (χ0n) is 16.0. The lowest BCUT2D eigenvalue weighted by Crippen LogP contribution is -2.29. The Morgan fingerprint density at radius 1 is 1.00 bits per heavy atom. The van der Waals surface area contributed by atoms with E-state index in [9.17, 15) is 4.79 Å². The molecule has 0 fully saturated rings. The van der Waals surface area contributed by atoms with Crippen molar-refractivity contribution in [2.24, 2.45) is 0 Å². The molecule has 1 aliphatic heterocycles. The minimum Gasteiger partial charge on any atom is -0.338 e. The van der Waals surface area contributed by atoms with Crippen molar-refractivity contribution in [2.45, 2.75) is 38.5 Å². The zero-order chi connectivity index (χ0) is 19.3. The van der Waals surface area contributed by atoms with Crippen LogP contribution in [0.25, 0.3) is 0 Å². The Hall–Kier alpha value is -3.14. The minimum absolute atomic E-state index is 0.122. The third kappa shape index (κ3) is 2.60. The van der Waals surface area contributed by atoms with Crippen molar-refractivity contribution in [1.29, 1.82) is 0 Å². The largest absolute Gasteiger partial charge is 0.338 e. The van der Waals surface area contributed by atoms with Gasteiger partial charge >= 0.3 is 0 Å². The van der Waals surface area contributed by atoms with Gasteiger partial charge in [-0.05, 0) is 42.9 Å². The van der Waals surface area contributed by atoms with Crippen molar-refractivity contribution in [3.05, 3.63) is 93.8 Å². The van der Waals surface area contributed by atoms with Crippen LogP contribution in [0.2, 0.25) is 0 Å². The summed E-state index contributed by atoms with van der Waals surface area (Å²) < 4.78 is 5.60. The molecule has 2 aromatic carbocycles. The SMILES string of the molecule is Cc1ccccc1[C@@H]1C2=C(C[C@@H](c3ccccc3)CC2=O)Nc2onc(C)c21. The van der Waals surface area contributed by atoms with Crippen molar-refractivity contribution in [3.8, 4) is 0 Å². The van der Waals surface area contributed by atoms with Crippen LogP contribution >= 0.6 is 0 Å². The molecule has 4 nitrogen and oxygen atoms in total. The predicted molar refractivity (Wildman–Crippen MR) is 108 cm³/mol. The molecule has 1 aromatic heterocycles. The topological polar surface area (TPSA) is 55.1 Å². The number of carbonyl (C=O) groups excluding carboxylic acids is 1. The predicted octanol–water partition coefficient (Wildman–Crippen LogP) is 5.25. The summed E-state index contributed by atoms with van der Waals surface area (Å²) in [7, 11) is 0. The first-order valence-electron chi connectivity index (χ1n) is 9.73. The molecule has 0 saturated carbocycles. The maximum Gasteiger partial charge on any atom is 0.233 e. The summed E-state index contributed by atoms with van der Waals surface area (Å²) in [6.45, 7) is 4.04. The van der Waals surface area contributed by atoms with Crippen LogP contribution in [-0.4, -0.2) is 10.9 Å². The van der Waals surface area contributed by atoms with E-state index in [4.69, 9.17) is 4.52 Å². The van der Waals surface area contributed by atoms with Gasteiger partial charge in [0.05, 0.1) is 11.3 Å². The average molecular weight is 370 g/mol. The first kappa shape index (κ1) is 17.0. The van der Waals surface area contributed by atoms with Gasteiger partial charge in [-0.1, -0.05) is 59.8 Å². The second-order valence-electron chi connectivity index (χ2n) is 7.76. The van der Waals surface area contributed by atoms with Crippen molar-refractivity contribution in [3.63, 3.8) is 0 Å². The summed E-state index contributed by atoms with van der Waals surface area (Å²) in [5.41, 5.74) is 7.19. The van der Waals surface area contributed by atoms with Crippen LogP contribution in [0.4, 0.5) is 5.88 Å². The van der Waals surface area contributed by atoms with Crippen molar-refractivity contribution >= 4 is 11.7 Å². The summed E-state index contributed by atoms with van der Waals surface area (Å²) in [5, 5.41) is 7.59. The highest BCUT2D eigenvalue weighted by Gasteiger charge is 2.41. The average Bonchev–Trinajstić information content (AvgIpc) is 3.08. The number of benzene rings is 2. The number of aromatic nitrogens is 1. The molecule has 1 N–H and O–H groups in total. The Kier molecular flexibility index (Phi) is 3.93. The smallest absolute Gasteiger partial charge is 0.233 e. The van der Waals surface area contributed by atoms with Gasteiger partial charge < -0.3 is 9.84 Å². The molecule has 140 valence electrons. The first-order chi connectivity index (χ1) is 13.6. The van der Waals surface area contributed by atoms with Crippen LogP contribution in [0.15, 0.2) is 70.4 Å². The fourth-order valence-corrected chi connectivity index (χ4v) is 4.66. The number of hydrogen-bond acceptors (Lipinski definition) is 4. The maximum absolute atomic E-state index is 13.4. The fraction of sp³-hybridized carbons (Fsp3) is 0.250. The highest BCUT2D eigenvalue weighted by atomic mass is 16.5. The molecular formula is C24H22N2O2. The Morgan fingerprint density at radius 3 is 2.54 bits per heavy atom. The van der Waals surface area contributed by atoms with Gasteiger partial charge in [-0.15, -0.1) is 0 Å². The summed E-state index contributed by atoms with van der Waals surface area (Å²) in [6, 6.07) is 18.6. The first-order valence-corrected chi connectivity index (χ1v) is 9.73. The molecule has 0 amide bonds. The van der Waals surface area contributed by atoms with E-state index < -0.39 is 0 Å². The molecule has 2 aliphatic rings. The van der Waals surface area contributed by atoms with Crippen LogP contribution in [0.5, 0.6) is 0 Å². The molecule has 2 heterocycles. The monoisotopic (exact) mass is 370 g/mol. The number of nitrogens with one attached hydrogen (secondary N) is 1.